The zero-order chi connectivity index (χ0) is 9.97. The molecule has 0 spiro atoms. The van der Waals surface area contributed by atoms with Crippen LogP contribution in [0, 0.1) is 0 Å². The maximum atomic E-state index is 9.63. The van der Waals surface area contributed by atoms with Gasteiger partial charge < -0.3 is 10.4 Å². The number of halogens is 1. The smallest absolute Gasteiger partial charge is 0.0741 e. The molecule has 3 heteroatoms. The van der Waals surface area contributed by atoms with Gasteiger partial charge in [0.25, 0.3) is 0 Å². The summed E-state index contributed by atoms with van der Waals surface area (Å²) >= 11 is 3.39. The van der Waals surface area contributed by atoms with Gasteiger partial charge in [-0.3, -0.25) is 0 Å². The van der Waals surface area contributed by atoms with E-state index < -0.39 is 0 Å². The van der Waals surface area contributed by atoms with Crippen LogP contribution >= 0.6 is 15.9 Å². The average Bonchev–Trinajstić information content (AvgIpc) is 2.56. The summed E-state index contributed by atoms with van der Waals surface area (Å²) in [5.41, 5.74) is 1.08. The number of nitrogens with one attached hydrogen (secondary N) is 1. The van der Waals surface area contributed by atoms with Gasteiger partial charge in [0, 0.05) is 10.2 Å². The van der Waals surface area contributed by atoms with Crippen LogP contribution in [0.5, 0.6) is 0 Å². The van der Waals surface area contributed by atoms with Crippen LogP contribution in [0.4, 0.5) is 5.69 Å². The van der Waals surface area contributed by atoms with Gasteiger partial charge in [-0.2, -0.15) is 0 Å². The van der Waals surface area contributed by atoms with Crippen LogP contribution in [0.15, 0.2) is 28.7 Å². The predicted octanol–water partition coefficient (Wildman–Crippen LogP) is 2.77. The summed E-state index contributed by atoms with van der Waals surface area (Å²) < 4.78 is 1.08. The Morgan fingerprint density at radius 2 is 1.93 bits per heavy atom. The van der Waals surface area contributed by atoms with Gasteiger partial charge in [-0.1, -0.05) is 15.9 Å². The largest absolute Gasteiger partial charge is 0.391 e. The van der Waals surface area contributed by atoms with Gasteiger partial charge in [-0.05, 0) is 43.5 Å². The van der Waals surface area contributed by atoms with Crippen molar-refractivity contribution in [3.63, 3.8) is 0 Å². The van der Waals surface area contributed by atoms with Crippen molar-refractivity contribution in [3.8, 4) is 0 Å². The molecule has 2 atom stereocenters. The number of anilines is 1. The molecular formula is C11H14BrNO. The number of benzene rings is 1. The topological polar surface area (TPSA) is 32.3 Å². The van der Waals surface area contributed by atoms with E-state index in [-0.39, 0.29) is 12.1 Å². The van der Waals surface area contributed by atoms with E-state index in [9.17, 15) is 5.11 Å². The van der Waals surface area contributed by atoms with E-state index in [1.165, 1.54) is 0 Å². The minimum absolute atomic E-state index is 0.182. The van der Waals surface area contributed by atoms with Gasteiger partial charge >= 0.3 is 0 Å². The molecule has 0 aliphatic heterocycles. The molecule has 1 fully saturated rings. The summed E-state index contributed by atoms with van der Waals surface area (Å²) in [4.78, 5) is 0. The molecule has 0 aromatic heterocycles. The summed E-state index contributed by atoms with van der Waals surface area (Å²) in [5.74, 6) is 0. The minimum atomic E-state index is -0.182. The zero-order valence-electron chi connectivity index (χ0n) is 7.91. The molecule has 0 heterocycles. The van der Waals surface area contributed by atoms with Gasteiger partial charge in [-0.15, -0.1) is 0 Å². The van der Waals surface area contributed by atoms with E-state index in [4.69, 9.17) is 0 Å². The van der Waals surface area contributed by atoms with Crippen molar-refractivity contribution in [3.05, 3.63) is 28.7 Å². The van der Waals surface area contributed by atoms with E-state index in [0.29, 0.717) is 0 Å². The second-order valence-electron chi connectivity index (χ2n) is 3.76. The summed E-state index contributed by atoms with van der Waals surface area (Å²) in [6.07, 6.45) is 2.93. The lowest BCUT2D eigenvalue weighted by Crippen LogP contribution is -2.27. The number of hydrogen-bond acceptors (Lipinski definition) is 2. The summed E-state index contributed by atoms with van der Waals surface area (Å²) in [6, 6.07) is 8.29. The highest BCUT2D eigenvalue weighted by molar-refractivity contribution is 9.10. The van der Waals surface area contributed by atoms with Crippen LogP contribution in [0.1, 0.15) is 19.3 Å². The first-order chi connectivity index (χ1) is 6.75. The maximum absolute atomic E-state index is 9.63. The molecule has 2 N–H and O–H groups in total. The second kappa shape index (κ2) is 4.32. The van der Waals surface area contributed by atoms with Crippen LogP contribution in [-0.4, -0.2) is 17.3 Å². The fourth-order valence-corrected chi connectivity index (χ4v) is 2.13. The monoisotopic (exact) mass is 255 g/mol. The van der Waals surface area contributed by atoms with Crippen LogP contribution in [0.25, 0.3) is 0 Å². The standard InChI is InChI=1S/C11H14BrNO/c12-8-4-6-9(7-5-8)13-10-2-1-3-11(10)14/h4-7,10-11,13-14H,1-3H2/t10-,11-/m1/s1. The second-order valence-corrected chi connectivity index (χ2v) is 4.67. The third-order valence-corrected chi connectivity index (χ3v) is 3.20. The van der Waals surface area contributed by atoms with E-state index in [1.807, 2.05) is 24.3 Å². The molecule has 0 unspecified atom stereocenters. The van der Waals surface area contributed by atoms with Crippen molar-refractivity contribution in [1.82, 2.24) is 0 Å². The molecule has 1 saturated carbocycles. The third-order valence-electron chi connectivity index (χ3n) is 2.68. The Hall–Kier alpha value is -0.540. The van der Waals surface area contributed by atoms with Crippen molar-refractivity contribution in [2.24, 2.45) is 0 Å². The average molecular weight is 256 g/mol. The van der Waals surface area contributed by atoms with Crippen LogP contribution in [0.2, 0.25) is 0 Å². The molecule has 76 valence electrons. The van der Waals surface area contributed by atoms with E-state index in [0.717, 1.165) is 29.4 Å². The van der Waals surface area contributed by atoms with Gasteiger partial charge in [0.2, 0.25) is 0 Å². The van der Waals surface area contributed by atoms with Gasteiger partial charge in [0.1, 0.15) is 0 Å². The quantitative estimate of drug-likeness (QED) is 0.852. The lowest BCUT2D eigenvalue weighted by Gasteiger charge is -2.17. The number of rotatable bonds is 2. The van der Waals surface area contributed by atoms with Crippen LogP contribution < -0.4 is 5.32 Å². The molecule has 0 radical (unpaired) electrons. The van der Waals surface area contributed by atoms with Crippen LogP contribution in [0.3, 0.4) is 0 Å². The van der Waals surface area contributed by atoms with Gasteiger partial charge in [-0.25, -0.2) is 0 Å². The van der Waals surface area contributed by atoms with Gasteiger partial charge in [0.05, 0.1) is 12.1 Å². The Morgan fingerprint density at radius 1 is 1.21 bits per heavy atom. The highest BCUT2D eigenvalue weighted by Gasteiger charge is 2.24. The summed E-state index contributed by atoms with van der Waals surface area (Å²) in [6.45, 7) is 0. The SMILES string of the molecule is O[C@@H]1CCC[C@H]1Nc1ccc(Br)cc1. The molecular weight excluding hydrogens is 242 g/mol. The van der Waals surface area contributed by atoms with Crippen molar-refractivity contribution in [2.75, 3.05) is 5.32 Å². The summed E-state index contributed by atoms with van der Waals surface area (Å²) in [7, 11) is 0. The van der Waals surface area contributed by atoms with E-state index in [1.54, 1.807) is 0 Å². The molecule has 1 aromatic rings. The van der Waals surface area contributed by atoms with Crippen LogP contribution in [-0.2, 0) is 0 Å². The Kier molecular flexibility index (Phi) is 3.08. The Labute approximate surface area is 92.5 Å². The number of aliphatic hydroxyl groups is 1. The van der Waals surface area contributed by atoms with Crippen molar-refractivity contribution in [2.45, 2.75) is 31.4 Å². The zero-order valence-corrected chi connectivity index (χ0v) is 9.50. The minimum Gasteiger partial charge on any atom is -0.391 e. The van der Waals surface area contributed by atoms with Crippen molar-refractivity contribution >= 4 is 21.6 Å². The lowest BCUT2D eigenvalue weighted by molar-refractivity contribution is 0.172. The molecule has 0 amide bonds. The Balaban J connectivity index is 2.00. The highest BCUT2D eigenvalue weighted by Crippen LogP contribution is 2.23. The van der Waals surface area contributed by atoms with E-state index >= 15 is 0 Å². The third kappa shape index (κ3) is 2.28. The normalized spacial score (nSPS) is 26.4. The van der Waals surface area contributed by atoms with Crippen molar-refractivity contribution < 1.29 is 5.11 Å². The Bertz CT molecular complexity index is 299. The first-order valence-corrected chi connectivity index (χ1v) is 5.75. The summed E-state index contributed by atoms with van der Waals surface area (Å²) in [5, 5.41) is 13.0. The van der Waals surface area contributed by atoms with Gasteiger partial charge in [0.15, 0.2) is 0 Å². The highest BCUT2D eigenvalue weighted by atomic mass is 79.9. The predicted molar refractivity (Wildman–Crippen MR) is 61.4 cm³/mol. The van der Waals surface area contributed by atoms with E-state index in [2.05, 4.69) is 21.2 Å². The van der Waals surface area contributed by atoms with Crippen molar-refractivity contribution in [1.29, 1.82) is 0 Å². The first-order valence-electron chi connectivity index (χ1n) is 4.96. The molecule has 1 aliphatic rings. The fraction of sp³-hybridized carbons (Fsp3) is 0.455. The number of hydrogen-bond donors (Lipinski definition) is 2. The molecule has 2 rings (SSSR count). The maximum Gasteiger partial charge on any atom is 0.0741 e. The number of aliphatic hydroxyl groups excluding tert-OH is 1. The first kappa shape index (κ1) is 9.99. The molecule has 0 bridgehead atoms. The molecule has 1 aromatic carbocycles. The molecule has 14 heavy (non-hydrogen) atoms. The molecule has 2 nitrogen and oxygen atoms in total. The lowest BCUT2D eigenvalue weighted by atomic mass is 10.2. The fourth-order valence-electron chi connectivity index (χ4n) is 1.87. The molecule has 1 aliphatic carbocycles. The Morgan fingerprint density at radius 3 is 2.50 bits per heavy atom. The molecule has 0 saturated heterocycles.